The maximum atomic E-state index is 8.95. The van der Waals surface area contributed by atoms with Crippen LogP contribution in [0.1, 0.15) is 12.0 Å². The third-order valence-corrected chi connectivity index (χ3v) is 2.06. The minimum Gasteiger partial charge on any atom is -0.423 e. The minimum atomic E-state index is -1.38. The molecule has 3 nitrogen and oxygen atoms in total. The van der Waals surface area contributed by atoms with Gasteiger partial charge in [0.2, 0.25) is 0 Å². The third-order valence-electron chi connectivity index (χ3n) is 2.06. The molecule has 0 aliphatic heterocycles. The zero-order valence-electron chi connectivity index (χ0n) is 8.31. The van der Waals surface area contributed by atoms with Gasteiger partial charge in [-0.3, -0.25) is 0 Å². The first-order chi connectivity index (χ1) is 6.74. The predicted molar refractivity (Wildman–Crippen MR) is 56.5 cm³/mol. The fraction of sp³-hybridized carbons (Fsp3) is 0.400. The highest BCUT2D eigenvalue weighted by atomic mass is 16.5. The zero-order valence-corrected chi connectivity index (χ0v) is 8.31. The van der Waals surface area contributed by atoms with Crippen LogP contribution in [-0.2, 0) is 11.2 Å². The molecule has 0 aliphatic rings. The van der Waals surface area contributed by atoms with E-state index in [1.54, 1.807) is 19.2 Å². The van der Waals surface area contributed by atoms with E-state index in [1.807, 2.05) is 12.1 Å². The molecule has 0 bridgehead atoms. The number of methoxy groups -OCH3 is 1. The van der Waals surface area contributed by atoms with Gasteiger partial charge < -0.3 is 14.8 Å². The summed E-state index contributed by atoms with van der Waals surface area (Å²) in [6, 6.07) is 7.31. The Morgan fingerprint density at radius 1 is 1.36 bits per heavy atom. The molecule has 0 fully saturated rings. The molecule has 0 spiro atoms. The summed E-state index contributed by atoms with van der Waals surface area (Å²) in [4.78, 5) is 0. The van der Waals surface area contributed by atoms with Crippen molar-refractivity contribution in [1.82, 2.24) is 0 Å². The van der Waals surface area contributed by atoms with Crippen molar-refractivity contribution in [2.75, 3.05) is 13.7 Å². The standard InChI is InChI=1S/C10H15BO3/c1-14-7-3-5-9-4-2-6-10(8-9)11(12)13/h2,4,6,8,12-13H,3,5,7H2,1H3. The van der Waals surface area contributed by atoms with Gasteiger partial charge in [-0.25, -0.2) is 0 Å². The van der Waals surface area contributed by atoms with Gasteiger partial charge in [0.15, 0.2) is 0 Å². The molecule has 0 radical (unpaired) electrons. The Hall–Kier alpha value is -0.835. The van der Waals surface area contributed by atoms with Crippen LogP contribution in [0.25, 0.3) is 0 Å². The number of rotatable bonds is 5. The van der Waals surface area contributed by atoms with Gasteiger partial charge in [-0.05, 0) is 23.9 Å². The van der Waals surface area contributed by atoms with E-state index in [1.165, 1.54) is 0 Å². The van der Waals surface area contributed by atoms with Crippen molar-refractivity contribution in [3.8, 4) is 0 Å². The summed E-state index contributed by atoms with van der Waals surface area (Å²) in [6.45, 7) is 0.728. The van der Waals surface area contributed by atoms with Gasteiger partial charge in [-0.2, -0.15) is 0 Å². The van der Waals surface area contributed by atoms with E-state index in [9.17, 15) is 0 Å². The number of aryl methyl sites for hydroxylation is 1. The Morgan fingerprint density at radius 2 is 2.14 bits per heavy atom. The molecule has 0 aliphatic carbocycles. The molecule has 0 heterocycles. The number of hydrogen-bond donors (Lipinski definition) is 2. The Morgan fingerprint density at radius 3 is 2.79 bits per heavy atom. The van der Waals surface area contributed by atoms with Gasteiger partial charge >= 0.3 is 7.12 Å². The fourth-order valence-corrected chi connectivity index (χ4v) is 1.33. The molecule has 2 N–H and O–H groups in total. The Bertz CT molecular complexity index is 276. The molecule has 4 heteroatoms. The van der Waals surface area contributed by atoms with Crippen molar-refractivity contribution in [3.63, 3.8) is 0 Å². The van der Waals surface area contributed by atoms with Crippen LogP contribution >= 0.6 is 0 Å². The molecule has 1 aromatic carbocycles. The van der Waals surface area contributed by atoms with Crippen LogP contribution < -0.4 is 5.46 Å². The van der Waals surface area contributed by atoms with Crippen LogP contribution in [0.3, 0.4) is 0 Å². The van der Waals surface area contributed by atoms with E-state index in [0.29, 0.717) is 5.46 Å². The molecule has 1 rings (SSSR count). The molecule has 0 amide bonds. The van der Waals surface area contributed by atoms with Crippen LogP contribution in [0.4, 0.5) is 0 Å². The Labute approximate surface area is 84.5 Å². The van der Waals surface area contributed by atoms with Crippen molar-refractivity contribution in [1.29, 1.82) is 0 Å². The van der Waals surface area contributed by atoms with Crippen molar-refractivity contribution < 1.29 is 14.8 Å². The summed E-state index contributed by atoms with van der Waals surface area (Å²) in [5.41, 5.74) is 1.65. The molecule has 0 saturated heterocycles. The lowest BCUT2D eigenvalue weighted by Gasteiger charge is -2.04. The second-order valence-corrected chi connectivity index (χ2v) is 3.22. The Kier molecular flexibility index (Phi) is 4.66. The summed E-state index contributed by atoms with van der Waals surface area (Å²) < 4.78 is 4.94. The van der Waals surface area contributed by atoms with Gasteiger partial charge in [0, 0.05) is 13.7 Å². The third kappa shape index (κ3) is 3.50. The van der Waals surface area contributed by atoms with Crippen LogP contribution in [0, 0.1) is 0 Å². The highest BCUT2D eigenvalue weighted by molar-refractivity contribution is 6.58. The molecule has 14 heavy (non-hydrogen) atoms. The van der Waals surface area contributed by atoms with Gasteiger partial charge in [0.05, 0.1) is 0 Å². The molecule has 0 atom stereocenters. The molecule has 0 aromatic heterocycles. The van der Waals surface area contributed by atoms with E-state index in [2.05, 4.69) is 0 Å². The quantitative estimate of drug-likeness (QED) is 0.510. The van der Waals surface area contributed by atoms with Crippen molar-refractivity contribution in [3.05, 3.63) is 29.8 Å². The van der Waals surface area contributed by atoms with E-state index >= 15 is 0 Å². The first-order valence-corrected chi connectivity index (χ1v) is 4.68. The fourth-order valence-electron chi connectivity index (χ4n) is 1.33. The van der Waals surface area contributed by atoms with Gasteiger partial charge in [-0.15, -0.1) is 0 Å². The number of hydrogen-bond acceptors (Lipinski definition) is 3. The predicted octanol–water partition coefficient (Wildman–Crippen LogP) is -0.0546. The molecule has 0 saturated carbocycles. The zero-order chi connectivity index (χ0) is 10.4. The molecule has 76 valence electrons. The molecule has 0 unspecified atom stereocenters. The minimum absolute atomic E-state index is 0.542. The SMILES string of the molecule is COCCCc1cccc(B(O)O)c1. The lowest BCUT2D eigenvalue weighted by atomic mass is 9.79. The second-order valence-electron chi connectivity index (χ2n) is 3.22. The largest absolute Gasteiger partial charge is 0.488 e. The maximum Gasteiger partial charge on any atom is 0.488 e. The first-order valence-electron chi connectivity index (χ1n) is 4.68. The molecular formula is C10H15BO3. The van der Waals surface area contributed by atoms with Crippen molar-refractivity contribution >= 4 is 12.6 Å². The second kappa shape index (κ2) is 5.80. The Balaban J connectivity index is 2.55. The van der Waals surface area contributed by atoms with Crippen LogP contribution in [0.2, 0.25) is 0 Å². The summed E-state index contributed by atoms with van der Waals surface area (Å²) in [6.07, 6.45) is 1.84. The van der Waals surface area contributed by atoms with Gasteiger partial charge in [0.25, 0.3) is 0 Å². The topological polar surface area (TPSA) is 49.7 Å². The van der Waals surface area contributed by atoms with Crippen LogP contribution in [-0.4, -0.2) is 30.9 Å². The van der Waals surface area contributed by atoms with Gasteiger partial charge in [-0.1, -0.05) is 24.3 Å². The number of benzene rings is 1. The first kappa shape index (κ1) is 11.2. The highest BCUT2D eigenvalue weighted by Crippen LogP contribution is 2.01. The van der Waals surface area contributed by atoms with E-state index < -0.39 is 7.12 Å². The van der Waals surface area contributed by atoms with Crippen LogP contribution in [0.15, 0.2) is 24.3 Å². The van der Waals surface area contributed by atoms with E-state index in [-0.39, 0.29) is 0 Å². The molecule has 1 aromatic rings. The smallest absolute Gasteiger partial charge is 0.423 e. The summed E-state index contributed by atoms with van der Waals surface area (Å²) >= 11 is 0. The summed E-state index contributed by atoms with van der Waals surface area (Å²) in [5, 5.41) is 17.9. The van der Waals surface area contributed by atoms with Crippen LogP contribution in [0.5, 0.6) is 0 Å². The molecular weight excluding hydrogens is 179 g/mol. The average Bonchev–Trinajstić information content (AvgIpc) is 2.19. The monoisotopic (exact) mass is 194 g/mol. The lowest BCUT2D eigenvalue weighted by Crippen LogP contribution is -2.29. The van der Waals surface area contributed by atoms with E-state index in [0.717, 1.165) is 25.0 Å². The average molecular weight is 194 g/mol. The van der Waals surface area contributed by atoms with Crippen molar-refractivity contribution in [2.24, 2.45) is 0 Å². The lowest BCUT2D eigenvalue weighted by molar-refractivity contribution is 0.195. The van der Waals surface area contributed by atoms with Crippen molar-refractivity contribution in [2.45, 2.75) is 12.8 Å². The maximum absolute atomic E-state index is 8.95. The van der Waals surface area contributed by atoms with Gasteiger partial charge in [0.1, 0.15) is 0 Å². The summed E-state index contributed by atoms with van der Waals surface area (Å²) in [7, 11) is 0.297. The highest BCUT2D eigenvalue weighted by Gasteiger charge is 2.10. The summed E-state index contributed by atoms with van der Waals surface area (Å²) in [5.74, 6) is 0. The van der Waals surface area contributed by atoms with E-state index in [4.69, 9.17) is 14.8 Å². The normalized spacial score (nSPS) is 10.2. The number of ether oxygens (including phenoxy) is 1.